The van der Waals surface area contributed by atoms with Gasteiger partial charge in [-0.2, -0.15) is 0 Å². The van der Waals surface area contributed by atoms with E-state index >= 15 is 0 Å². The number of allylic oxidation sites excluding steroid dienone is 2. The summed E-state index contributed by atoms with van der Waals surface area (Å²) in [5.41, 5.74) is 1.66. The molecule has 3 unspecified atom stereocenters. The van der Waals surface area contributed by atoms with Crippen molar-refractivity contribution in [2.75, 3.05) is 0 Å². The number of rotatable bonds is 2. The van der Waals surface area contributed by atoms with Gasteiger partial charge in [0.15, 0.2) is 5.78 Å². The molecule has 0 saturated carbocycles. The van der Waals surface area contributed by atoms with E-state index in [1.165, 1.54) is 0 Å². The third-order valence-corrected chi connectivity index (χ3v) is 6.80. The van der Waals surface area contributed by atoms with Gasteiger partial charge in [-0.1, -0.05) is 37.0 Å². The number of carbonyl (C=O) groups excluding carboxylic acids is 3. The Morgan fingerprint density at radius 1 is 1.03 bits per heavy atom. The van der Waals surface area contributed by atoms with Gasteiger partial charge in [0.25, 0.3) is 0 Å². The second-order valence-corrected chi connectivity index (χ2v) is 10.1. The van der Waals surface area contributed by atoms with Gasteiger partial charge in [0.05, 0.1) is 16.9 Å². The SMILES string of the molecule is CC1(C)CC(=O)C2=C(C1)NC1NC(=O)NC(=O)C1C2c1ccc(-c2cc(Cl)ccc2Cl)o1. The summed E-state index contributed by atoms with van der Waals surface area (Å²) in [5.74, 6) is -0.944. The Hall–Kier alpha value is -2.77. The lowest BCUT2D eigenvalue weighted by Crippen LogP contribution is -2.66. The molecule has 1 aromatic heterocycles. The Labute approximate surface area is 194 Å². The van der Waals surface area contributed by atoms with Crippen LogP contribution in [0.1, 0.15) is 38.4 Å². The zero-order valence-corrected chi connectivity index (χ0v) is 18.9. The number of imide groups is 1. The molecule has 1 aromatic carbocycles. The fraction of sp³-hybridized carbons (Fsp3) is 0.348. The summed E-state index contributed by atoms with van der Waals surface area (Å²) in [6.07, 6.45) is 0.340. The van der Waals surface area contributed by atoms with Crippen LogP contribution in [0.3, 0.4) is 0 Å². The van der Waals surface area contributed by atoms with E-state index in [2.05, 4.69) is 16.0 Å². The van der Waals surface area contributed by atoms with Crippen molar-refractivity contribution in [3.05, 3.63) is 57.4 Å². The van der Waals surface area contributed by atoms with Gasteiger partial charge in [-0.15, -0.1) is 0 Å². The first-order valence-corrected chi connectivity index (χ1v) is 11.1. The topological polar surface area (TPSA) is 100 Å². The maximum absolute atomic E-state index is 13.3. The fourth-order valence-corrected chi connectivity index (χ4v) is 5.33. The van der Waals surface area contributed by atoms with Crippen molar-refractivity contribution >= 4 is 40.9 Å². The monoisotopic (exact) mass is 473 g/mol. The highest BCUT2D eigenvalue weighted by Crippen LogP contribution is 2.48. The number of nitrogens with one attached hydrogen (secondary N) is 3. The number of fused-ring (bicyclic) bond motifs is 1. The molecule has 3 heterocycles. The van der Waals surface area contributed by atoms with Crippen molar-refractivity contribution in [1.29, 1.82) is 0 Å². The number of carbonyl (C=O) groups is 3. The lowest BCUT2D eigenvalue weighted by atomic mass is 9.67. The third-order valence-electron chi connectivity index (χ3n) is 6.23. The molecule has 32 heavy (non-hydrogen) atoms. The fourth-order valence-electron chi connectivity index (χ4n) is 4.95. The lowest BCUT2D eigenvalue weighted by molar-refractivity contribution is -0.127. The van der Waals surface area contributed by atoms with E-state index in [1.54, 1.807) is 30.3 Å². The number of Topliss-reactive ketones (excluding diaryl/α,β-unsaturated/α-hetero) is 1. The van der Waals surface area contributed by atoms with Crippen molar-refractivity contribution in [3.63, 3.8) is 0 Å². The molecule has 1 fully saturated rings. The van der Waals surface area contributed by atoms with Gasteiger partial charge in [0.1, 0.15) is 17.7 Å². The van der Waals surface area contributed by atoms with Crippen LogP contribution in [-0.4, -0.2) is 23.9 Å². The average molecular weight is 474 g/mol. The van der Waals surface area contributed by atoms with Gasteiger partial charge >= 0.3 is 6.03 Å². The average Bonchev–Trinajstić information content (AvgIpc) is 3.16. The van der Waals surface area contributed by atoms with E-state index in [9.17, 15) is 14.4 Å². The molecule has 1 saturated heterocycles. The molecule has 3 atom stereocenters. The van der Waals surface area contributed by atoms with Crippen molar-refractivity contribution in [2.24, 2.45) is 11.3 Å². The van der Waals surface area contributed by atoms with Crippen molar-refractivity contribution in [1.82, 2.24) is 16.0 Å². The molecule has 0 spiro atoms. The molecule has 5 rings (SSSR count). The normalized spacial score (nSPS) is 26.6. The summed E-state index contributed by atoms with van der Waals surface area (Å²) in [7, 11) is 0. The van der Waals surface area contributed by atoms with Crippen LogP contribution in [0.4, 0.5) is 4.79 Å². The molecule has 9 heteroatoms. The van der Waals surface area contributed by atoms with E-state index in [0.717, 1.165) is 5.70 Å². The van der Waals surface area contributed by atoms with E-state index in [4.69, 9.17) is 27.6 Å². The molecule has 7 nitrogen and oxygen atoms in total. The molecular weight excluding hydrogens is 453 g/mol. The number of hydrogen-bond donors (Lipinski definition) is 3. The number of benzene rings is 1. The van der Waals surface area contributed by atoms with Crippen molar-refractivity contribution < 1.29 is 18.8 Å². The van der Waals surface area contributed by atoms with Crippen LogP contribution in [0.5, 0.6) is 0 Å². The van der Waals surface area contributed by atoms with Gasteiger partial charge in [0, 0.05) is 28.3 Å². The van der Waals surface area contributed by atoms with E-state index in [1.807, 2.05) is 13.8 Å². The largest absolute Gasteiger partial charge is 0.460 e. The van der Waals surface area contributed by atoms with Gasteiger partial charge in [-0.25, -0.2) is 4.79 Å². The standard InChI is InChI=1S/C23H21Cl2N3O4/c1-23(2)8-13-17(14(29)9-23)18(19-20(26-13)27-22(31)28-21(19)30)16-6-5-15(32-16)11-7-10(24)3-4-12(11)25/h3-7,18-20,26H,8-9H2,1-2H3,(H2,27,28,30,31). The first-order chi connectivity index (χ1) is 15.1. The highest BCUT2D eigenvalue weighted by Gasteiger charge is 2.52. The minimum atomic E-state index is -0.745. The van der Waals surface area contributed by atoms with Crippen LogP contribution in [-0.2, 0) is 9.59 Å². The predicted octanol–water partition coefficient (Wildman–Crippen LogP) is 4.37. The molecule has 1 aliphatic carbocycles. The molecule has 0 radical (unpaired) electrons. The van der Waals surface area contributed by atoms with Crippen molar-refractivity contribution in [2.45, 2.75) is 38.8 Å². The zero-order chi connectivity index (χ0) is 22.8. The first-order valence-electron chi connectivity index (χ1n) is 10.3. The number of urea groups is 1. The summed E-state index contributed by atoms with van der Waals surface area (Å²) >= 11 is 12.5. The highest BCUT2D eigenvalue weighted by atomic mass is 35.5. The molecule has 3 N–H and O–H groups in total. The highest BCUT2D eigenvalue weighted by molar-refractivity contribution is 6.35. The molecule has 3 amide bonds. The van der Waals surface area contributed by atoms with Crippen LogP contribution in [0, 0.1) is 11.3 Å². The minimum absolute atomic E-state index is 0.0318. The Balaban J connectivity index is 1.64. The van der Waals surface area contributed by atoms with Gasteiger partial charge in [0.2, 0.25) is 5.91 Å². The van der Waals surface area contributed by atoms with Crippen LogP contribution in [0.2, 0.25) is 10.0 Å². The summed E-state index contributed by atoms with van der Waals surface area (Å²) in [6.45, 7) is 4.05. The number of furan rings is 1. The Kier molecular flexibility index (Phi) is 4.87. The Bertz CT molecular complexity index is 1200. The van der Waals surface area contributed by atoms with Gasteiger partial charge in [-0.3, -0.25) is 14.9 Å². The molecule has 3 aliphatic rings. The van der Waals surface area contributed by atoms with Crippen LogP contribution >= 0.6 is 23.2 Å². The van der Waals surface area contributed by atoms with E-state index < -0.39 is 29.9 Å². The summed E-state index contributed by atoms with van der Waals surface area (Å²) in [4.78, 5) is 38.1. The van der Waals surface area contributed by atoms with Crippen molar-refractivity contribution in [3.8, 4) is 11.3 Å². The summed E-state index contributed by atoms with van der Waals surface area (Å²) < 4.78 is 6.17. The quantitative estimate of drug-likeness (QED) is 0.601. The molecular formula is C23H21Cl2N3O4. The zero-order valence-electron chi connectivity index (χ0n) is 17.4. The molecule has 0 bridgehead atoms. The maximum atomic E-state index is 13.3. The molecule has 2 aliphatic heterocycles. The third kappa shape index (κ3) is 3.49. The summed E-state index contributed by atoms with van der Waals surface area (Å²) in [5, 5.41) is 9.31. The number of amides is 3. The lowest BCUT2D eigenvalue weighted by Gasteiger charge is -2.46. The summed E-state index contributed by atoms with van der Waals surface area (Å²) in [6, 6.07) is 7.99. The first kappa shape index (κ1) is 21.1. The van der Waals surface area contributed by atoms with Crippen LogP contribution in [0.15, 0.2) is 46.0 Å². The predicted molar refractivity (Wildman–Crippen MR) is 119 cm³/mol. The van der Waals surface area contributed by atoms with Gasteiger partial charge in [-0.05, 0) is 42.2 Å². The number of halogens is 2. The van der Waals surface area contributed by atoms with Crippen LogP contribution in [0.25, 0.3) is 11.3 Å². The van der Waals surface area contributed by atoms with Gasteiger partial charge < -0.3 is 15.1 Å². The molecule has 166 valence electrons. The number of ketones is 1. The second kappa shape index (κ2) is 7.39. The minimum Gasteiger partial charge on any atom is -0.460 e. The van der Waals surface area contributed by atoms with Crippen LogP contribution < -0.4 is 16.0 Å². The molecule has 2 aromatic rings. The smallest absolute Gasteiger partial charge is 0.323 e. The maximum Gasteiger partial charge on any atom is 0.323 e. The van der Waals surface area contributed by atoms with E-state index in [-0.39, 0.29) is 11.2 Å². The Morgan fingerprint density at radius 3 is 2.59 bits per heavy atom. The van der Waals surface area contributed by atoms with E-state index in [0.29, 0.717) is 45.5 Å². The second-order valence-electron chi connectivity index (χ2n) is 9.25. The number of hydrogen-bond acceptors (Lipinski definition) is 5. The Morgan fingerprint density at radius 2 is 1.81 bits per heavy atom.